The second kappa shape index (κ2) is 9.98. The maximum absolute atomic E-state index is 13.6. The Morgan fingerprint density at radius 1 is 1.06 bits per heavy atom. The van der Waals surface area contributed by atoms with Crippen LogP contribution in [-0.2, 0) is 13.0 Å². The number of imidazole rings is 1. The molecule has 0 amide bonds. The zero-order valence-corrected chi connectivity index (χ0v) is 20.7. The molecule has 35 heavy (non-hydrogen) atoms. The van der Waals surface area contributed by atoms with E-state index >= 15 is 0 Å². The summed E-state index contributed by atoms with van der Waals surface area (Å²) in [6.45, 7) is 7.27. The van der Waals surface area contributed by atoms with Crippen LogP contribution in [0.15, 0.2) is 53.6 Å². The van der Waals surface area contributed by atoms with E-state index in [1.807, 2.05) is 45.7 Å². The van der Waals surface area contributed by atoms with E-state index in [1.54, 1.807) is 0 Å². The van der Waals surface area contributed by atoms with E-state index in [0.29, 0.717) is 24.2 Å². The minimum Gasteiger partial charge on any atom is -0.295 e. The molecule has 0 spiro atoms. The smallest absolute Gasteiger partial charge is 0.295 e. The van der Waals surface area contributed by atoms with Gasteiger partial charge in [-0.25, -0.2) is 9.89 Å². The van der Waals surface area contributed by atoms with Crippen molar-refractivity contribution in [3.63, 3.8) is 0 Å². The number of H-pyrrole nitrogens is 1. The summed E-state index contributed by atoms with van der Waals surface area (Å²) < 4.78 is 3.98. The van der Waals surface area contributed by atoms with Gasteiger partial charge in [-0.2, -0.15) is 0 Å². The SMILES string of the molecule is CCCCc1cn(C2C(C)CCC2C)c(=O)n1Cc1ccc(-c2ccccc2-c2nnn[nH]2)nc1. The van der Waals surface area contributed by atoms with E-state index in [0.717, 1.165) is 47.3 Å². The lowest BCUT2D eigenvalue weighted by Crippen LogP contribution is -2.31. The lowest BCUT2D eigenvalue weighted by atomic mass is 10.0. The number of hydrogen-bond acceptors (Lipinski definition) is 5. The minimum atomic E-state index is 0.106. The topological polar surface area (TPSA) is 94.3 Å². The first kappa shape index (κ1) is 23.2. The minimum absolute atomic E-state index is 0.106. The summed E-state index contributed by atoms with van der Waals surface area (Å²) in [7, 11) is 0. The Morgan fingerprint density at radius 3 is 2.49 bits per heavy atom. The first-order valence-electron chi connectivity index (χ1n) is 12.7. The molecule has 3 aromatic heterocycles. The van der Waals surface area contributed by atoms with E-state index in [9.17, 15) is 4.79 Å². The summed E-state index contributed by atoms with van der Waals surface area (Å²) in [6, 6.07) is 12.3. The van der Waals surface area contributed by atoms with Gasteiger partial charge in [0.2, 0.25) is 0 Å². The Kier molecular flexibility index (Phi) is 6.61. The first-order valence-corrected chi connectivity index (χ1v) is 12.7. The standard InChI is InChI=1S/C27H33N7O/c1-4-5-8-21-17-34(25-18(2)11-12-19(25)3)27(35)33(21)16-20-13-14-24(28-15-20)22-9-6-7-10-23(22)26-29-31-32-30-26/h6-7,9-10,13-15,17-19,25H,4-5,8,11-12,16H2,1-3H3,(H,29,30,31,32). The number of rotatable bonds is 8. The fraction of sp³-hybridized carbons (Fsp3) is 0.444. The lowest BCUT2D eigenvalue weighted by molar-refractivity contribution is 0.330. The predicted octanol–water partition coefficient (Wildman–Crippen LogP) is 4.89. The molecule has 4 aromatic rings. The largest absolute Gasteiger partial charge is 0.328 e. The first-order chi connectivity index (χ1) is 17.1. The Balaban J connectivity index is 1.45. The van der Waals surface area contributed by atoms with E-state index in [-0.39, 0.29) is 11.7 Å². The Labute approximate surface area is 205 Å². The van der Waals surface area contributed by atoms with Crippen LogP contribution in [0, 0.1) is 11.8 Å². The van der Waals surface area contributed by atoms with Gasteiger partial charge in [0.25, 0.3) is 0 Å². The molecule has 0 bridgehead atoms. The second-order valence-corrected chi connectivity index (χ2v) is 9.87. The predicted molar refractivity (Wildman–Crippen MR) is 136 cm³/mol. The van der Waals surface area contributed by atoms with Gasteiger partial charge in [-0.05, 0) is 59.6 Å². The van der Waals surface area contributed by atoms with Crippen LogP contribution in [0.1, 0.15) is 63.8 Å². The number of unbranched alkanes of at least 4 members (excludes halogenated alkanes) is 1. The van der Waals surface area contributed by atoms with Gasteiger partial charge < -0.3 is 0 Å². The number of aromatic nitrogens is 7. The second-order valence-electron chi connectivity index (χ2n) is 9.87. The fourth-order valence-corrected chi connectivity index (χ4v) is 5.51. The average molecular weight is 472 g/mol. The number of hydrogen-bond donors (Lipinski definition) is 1. The van der Waals surface area contributed by atoms with Gasteiger partial charge in [0.1, 0.15) is 0 Å². The molecule has 8 heteroatoms. The number of aromatic amines is 1. The van der Waals surface area contributed by atoms with Crippen LogP contribution in [0.25, 0.3) is 22.6 Å². The van der Waals surface area contributed by atoms with Crippen molar-refractivity contribution >= 4 is 0 Å². The molecule has 5 rings (SSSR count). The molecule has 182 valence electrons. The summed E-state index contributed by atoms with van der Waals surface area (Å²) in [4.78, 5) is 18.3. The number of pyridine rings is 1. The van der Waals surface area contributed by atoms with Crippen molar-refractivity contribution in [2.24, 2.45) is 11.8 Å². The Hall–Kier alpha value is -3.55. The summed E-state index contributed by atoms with van der Waals surface area (Å²) in [5, 5.41) is 14.3. The zero-order chi connectivity index (χ0) is 24.4. The van der Waals surface area contributed by atoms with E-state index in [1.165, 1.54) is 12.8 Å². The van der Waals surface area contributed by atoms with Crippen molar-refractivity contribution in [3.8, 4) is 22.6 Å². The normalized spacial score (nSPS) is 19.9. The van der Waals surface area contributed by atoms with E-state index in [2.05, 4.69) is 53.7 Å². The van der Waals surface area contributed by atoms with Crippen molar-refractivity contribution < 1.29 is 0 Å². The maximum Gasteiger partial charge on any atom is 0.328 e. The average Bonchev–Trinajstić information content (AvgIpc) is 3.60. The van der Waals surface area contributed by atoms with Crippen LogP contribution in [-0.4, -0.2) is 34.7 Å². The molecule has 1 fully saturated rings. The molecule has 1 aromatic carbocycles. The number of nitrogens with zero attached hydrogens (tertiary/aromatic N) is 6. The summed E-state index contributed by atoms with van der Waals surface area (Å²) in [5.74, 6) is 1.66. The molecule has 1 N–H and O–H groups in total. The number of aryl methyl sites for hydroxylation is 1. The third kappa shape index (κ3) is 4.57. The molecule has 2 atom stereocenters. The van der Waals surface area contributed by atoms with Crippen molar-refractivity contribution in [3.05, 3.63) is 70.5 Å². The molecular weight excluding hydrogens is 438 g/mol. The van der Waals surface area contributed by atoms with Crippen LogP contribution in [0.3, 0.4) is 0 Å². The van der Waals surface area contributed by atoms with Crippen molar-refractivity contribution in [2.45, 2.75) is 65.5 Å². The van der Waals surface area contributed by atoms with Gasteiger partial charge in [0.15, 0.2) is 5.82 Å². The van der Waals surface area contributed by atoms with Gasteiger partial charge >= 0.3 is 5.69 Å². The number of tetrazole rings is 1. The molecule has 0 radical (unpaired) electrons. The monoisotopic (exact) mass is 471 g/mol. The van der Waals surface area contributed by atoms with Crippen LogP contribution in [0.5, 0.6) is 0 Å². The molecular formula is C27H33N7O. The molecule has 1 aliphatic rings. The molecule has 0 saturated heterocycles. The van der Waals surface area contributed by atoms with Crippen LogP contribution in [0.2, 0.25) is 0 Å². The molecule has 1 saturated carbocycles. The quantitative estimate of drug-likeness (QED) is 0.395. The lowest BCUT2D eigenvalue weighted by Gasteiger charge is -2.20. The third-order valence-electron chi connectivity index (χ3n) is 7.41. The number of nitrogens with one attached hydrogen (secondary N) is 1. The van der Waals surface area contributed by atoms with Crippen molar-refractivity contribution in [1.82, 2.24) is 34.7 Å². The maximum atomic E-state index is 13.6. The Morgan fingerprint density at radius 2 is 1.83 bits per heavy atom. The van der Waals surface area contributed by atoms with E-state index in [4.69, 9.17) is 4.98 Å². The summed E-state index contributed by atoms with van der Waals surface area (Å²) >= 11 is 0. The molecule has 2 unspecified atom stereocenters. The highest BCUT2D eigenvalue weighted by Crippen LogP contribution is 2.39. The van der Waals surface area contributed by atoms with Crippen molar-refractivity contribution in [2.75, 3.05) is 0 Å². The van der Waals surface area contributed by atoms with Gasteiger partial charge in [0, 0.05) is 35.3 Å². The van der Waals surface area contributed by atoms with E-state index < -0.39 is 0 Å². The van der Waals surface area contributed by atoms with Gasteiger partial charge in [-0.1, -0.05) is 57.5 Å². The van der Waals surface area contributed by atoms with Crippen LogP contribution in [0.4, 0.5) is 0 Å². The summed E-state index contributed by atoms with van der Waals surface area (Å²) in [5.41, 5.74) is 4.92. The highest BCUT2D eigenvalue weighted by Gasteiger charge is 2.33. The fourth-order valence-electron chi connectivity index (χ4n) is 5.51. The highest BCUT2D eigenvalue weighted by atomic mass is 16.1. The van der Waals surface area contributed by atoms with Crippen LogP contribution < -0.4 is 5.69 Å². The molecule has 0 aliphatic heterocycles. The van der Waals surface area contributed by atoms with Crippen LogP contribution >= 0.6 is 0 Å². The van der Waals surface area contributed by atoms with Gasteiger partial charge in [-0.3, -0.25) is 14.1 Å². The van der Waals surface area contributed by atoms with Gasteiger partial charge in [-0.15, -0.1) is 5.10 Å². The number of benzene rings is 1. The van der Waals surface area contributed by atoms with Crippen molar-refractivity contribution in [1.29, 1.82) is 0 Å². The third-order valence-corrected chi connectivity index (χ3v) is 7.41. The van der Waals surface area contributed by atoms with Gasteiger partial charge in [0.05, 0.1) is 12.2 Å². The molecule has 3 heterocycles. The Bertz CT molecular complexity index is 1310. The molecule has 1 aliphatic carbocycles. The highest BCUT2D eigenvalue weighted by molar-refractivity contribution is 5.78. The molecule has 8 nitrogen and oxygen atoms in total. The zero-order valence-electron chi connectivity index (χ0n) is 20.7. The summed E-state index contributed by atoms with van der Waals surface area (Å²) in [6.07, 6.45) is 9.47.